The normalized spacial score (nSPS) is 19.3. The Morgan fingerprint density at radius 1 is 1.22 bits per heavy atom. The molecule has 0 amide bonds. The van der Waals surface area contributed by atoms with E-state index in [0.29, 0.717) is 0 Å². The summed E-state index contributed by atoms with van der Waals surface area (Å²) >= 11 is 6.37. The Hall–Kier alpha value is -0.990. The third kappa shape index (κ3) is 1.84. The fraction of sp³-hybridized carbons (Fsp3) is 0.467. The van der Waals surface area contributed by atoms with Gasteiger partial charge in [-0.05, 0) is 43.0 Å². The van der Waals surface area contributed by atoms with Crippen LogP contribution in [0.15, 0.2) is 18.3 Å². The molecule has 0 unspecified atom stereocenters. The van der Waals surface area contributed by atoms with Crippen molar-refractivity contribution in [2.45, 2.75) is 44.6 Å². The Bertz CT molecular complexity index is 579. The highest BCUT2D eigenvalue weighted by Gasteiger charge is 2.30. The Balaban J connectivity index is 2.14. The van der Waals surface area contributed by atoms with Gasteiger partial charge in [0.2, 0.25) is 0 Å². The van der Waals surface area contributed by atoms with Crippen molar-refractivity contribution >= 4 is 22.5 Å². The van der Waals surface area contributed by atoms with Crippen LogP contribution in [0, 0.1) is 6.92 Å². The summed E-state index contributed by atoms with van der Waals surface area (Å²) in [6.07, 6.45) is 7.88. The fourth-order valence-electron chi connectivity index (χ4n) is 3.08. The Morgan fingerprint density at radius 2 is 1.94 bits per heavy atom. The van der Waals surface area contributed by atoms with E-state index < -0.39 is 0 Å². The quantitative estimate of drug-likeness (QED) is 0.793. The lowest BCUT2D eigenvalue weighted by atomic mass is 9.77. The van der Waals surface area contributed by atoms with Crippen LogP contribution in [0.25, 0.3) is 10.9 Å². The minimum absolute atomic E-state index is 0.181. The molecule has 1 aliphatic rings. The van der Waals surface area contributed by atoms with Gasteiger partial charge in [-0.25, -0.2) is 0 Å². The number of hydrogen-bond acceptors (Lipinski definition) is 1. The van der Waals surface area contributed by atoms with Crippen molar-refractivity contribution in [2.75, 3.05) is 0 Å². The molecule has 0 saturated heterocycles. The van der Waals surface area contributed by atoms with Crippen molar-refractivity contribution in [3.8, 4) is 0 Å². The summed E-state index contributed by atoms with van der Waals surface area (Å²) in [7, 11) is 0. The molecule has 0 atom stereocenters. The molecule has 1 aromatic heterocycles. The van der Waals surface area contributed by atoms with E-state index in [0.717, 1.165) is 23.4 Å². The number of fused-ring (bicyclic) bond motifs is 1. The maximum atomic E-state index is 6.59. The molecule has 3 N–H and O–H groups in total. The molecule has 3 rings (SSSR count). The van der Waals surface area contributed by atoms with E-state index in [1.54, 1.807) is 0 Å². The molecule has 0 bridgehead atoms. The first-order valence-corrected chi connectivity index (χ1v) is 7.04. The molecule has 0 spiro atoms. The van der Waals surface area contributed by atoms with Crippen molar-refractivity contribution in [2.24, 2.45) is 5.73 Å². The predicted molar refractivity (Wildman–Crippen MR) is 77.0 cm³/mol. The Labute approximate surface area is 113 Å². The zero-order valence-electron chi connectivity index (χ0n) is 10.7. The van der Waals surface area contributed by atoms with E-state index in [9.17, 15) is 0 Å². The lowest BCUT2D eigenvalue weighted by Crippen LogP contribution is -2.38. The van der Waals surface area contributed by atoms with Gasteiger partial charge in [0.25, 0.3) is 0 Å². The van der Waals surface area contributed by atoms with Gasteiger partial charge in [-0.1, -0.05) is 30.9 Å². The summed E-state index contributed by atoms with van der Waals surface area (Å²) in [4.78, 5) is 3.23. The second-order valence-corrected chi connectivity index (χ2v) is 5.98. The number of aromatic nitrogens is 1. The van der Waals surface area contributed by atoms with Gasteiger partial charge in [0.1, 0.15) is 0 Å². The second-order valence-electron chi connectivity index (χ2n) is 5.57. The van der Waals surface area contributed by atoms with E-state index in [4.69, 9.17) is 17.3 Å². The van der Waals surface area contributed by atoms with Gasteiger partial charge >= 0.3 is 0 Å². The molecule has 96 valence electrons. The van der Waals surface area contributed by atoms with Crippen LogP contribution < -0.4 is 5.73 Å². The van der Waals surface area contributed by atoms with Crippen LogP contribution >= 0.6 is 11.6 Å². The standard InChI is InChI=1S/C15H19ClN2/c1-10-9-18-14-12(10)7-11(8-13(14)16)15(17)5-3-2-4-6-15/h7-9,18H,2-6,17H2,1H3. The van der Waals surface area contributed by atoms with E-state index in [1.807, 2.05) is 12.3 Å². The van der Waals surface area contributed by atoms with Crippen LogP contribution in [0.2, 0.25) is 5.02 Å². The van der Waals surface area contributed by atoms with Crippen molar-refractivity contribution in [1.29, 1.82) is 0 Å². The minimum atomic E-state index is -0.181. The van der Waals surface area contributed by atoms with Gasteiger partial charge in [-0.15, -0.1) is 0 Å². The number of nitrogens with one attached hydrogen (secondary N) is 1. The number of benzene rings is 1. The zero-order chi connectivity index (χ0) is 12.8. The van der Waals surface area contributed by atoms with Crippen LogP contribution in [0.1, 0.15) is 43.2 Å². The topological polar surface area (TPSA) is 41.8 Å². The Morgan fingerprint density at radius 3 is 2.67 bits per heavy atom. The molecule has 2 aromatic rings. The highest BCUT2D eigenvalue weighted by Crippen LogP contribution is 2.38. The van der Waals surface area contributed by atoms with Crippen molar-refractivity contribution in [3.05, 3.63) is 34.5 Å². The number of hydrogen-bond donors (Lipinski definition) is 2. The number of aromatic amines is 1. The van der Waals surface area contributed by atoms with Crippen molar-refractivity contribution in [1.82, 2.24) is 4.98 Å². The lowest BCUT2D eigenvalue weighted by molar-refractivity contribution is 0.302. The van der Waals surface area contributed by atoms with E-state index >= 15 is 0 Å². The zero-order valence-corrected chi connectivity index (χ0v) is 11.5. The third-order valence-corrected chi connectivity index (χ3v) is 4.57. The number of nitrogens with two attached hydrogens (primary N) is 1. The van der Waals surface area contributed by atoms with Crippen LogP contribution in [0.3, 0.4) is 0 Å². The van der Waals surface area contributed by atoms with E-state index in [1.165, 1.54) is 35.8 Å². The van der Waals surface area contributed by atoms with E-state index in [2.05, 4.69) is 18.0 Å². The maximum absolute atomic E-state index is 6.59. The lowest BCUT2D eigenvalue weighted by Gasteiger charge is -2.34. The van der Waals surface area contributed by atoms with Crippen LogP contribution in [-0.2, 0) is 5.54 Å². The monoisotopic (exact) mass is 262 g/mol. The number of aryl methyl sites for hydroxylation is 1. The van der Waals surface area contributed by atoms with Gasteiger partial charge in [0.15, 0.2) is 0 Å². The van der Waals surface area contributed by atoms with E-state index in [-0.39, 0.29) is 5.54 Å². The second kappa shape index (κ2) is 4.29. The molecule has 1 saturated carbocycles. The van der Waals surface area contributed by atoms with Crippen molar-refractivity contribution in [3.63, 3.8) is 0 Å². The van der Waals surface area contributed by atoms with Gasteiger partial charge in [-0.3, -0.25) is 0 Å². The molecular weight excluding hydrogens is 244 g/mol. The molecule has 3 heteroatoms. The SMILES string of the molecule is Cc1c[nH]c2c(Cl)cc(C3(N)CCCCC3)cc12. The van der Waals surface area contributed by atoms with Crippen molar-refractivity contribution < 1.29 is 0 Å². The predicted octanol–water partition coefficient (Wildman–Crippen LogP) is 4.25. The molecule has 2 nitrogen and oxygen atoms in total. The molecule has 0 aliphatic heterocycles. The molecule has 1 aliphatic carbocycles. The molecule has 1 fully saturated rings. The highest BCUT2D eigenvalue weighted by atomic mass is 35.5. The summed E-state index contributed by atoms with van der Waals surface area (Å²) in [5, 5.41) is 1.99. The molecular formula is C15H19ClN2. The Kier molecular flexibility index (Phi) is 2.87. The smallest absolute Gasteiger partial charge is 0.0650 e. The number of halogens is 1. The van der Waals surface area contributed by atoms with Crippen LogP contribution in [-0.4, -0.2) is 4.98 Å². The summed E-state index contributed by atoms with van der Waals surface area (Å²) in [6.45, 7) is 2.10. The number of rotatable bonds is 1. The number of H-pyrrole nitrogens is 1. The molecule has 0 radical (unpaired) electrons. The first-order chi connectivity index (χ1) is 8.60. The maximum Gasteiger partial charge on any atom is 0.0650 e. The van der Waals surface area contributed by atoms with Gasteiger partial charge in [0, 0.05) is 17.1 Å². The summed E-state index contributed by atoms with van der Waals surface area (Å²) in [5.74, 6) is 0. The fourth-order valence-corrected chi connectivity index (χ4v) is 3.36. The average molecular weight is 263 g/mol. The first kappa shape index (κ1) is 12.1. The minimum Gasteiger partial charge on any atom is -0.360 e. The summed E-state index contributed by atoms with van der Waals surface area (Å²) < 4.78 is 0. The van der Waals surface area contributed by atoms with Gasteiger partial charge in [-0.2, -0.15) is 0 Å². The largest absolute Gasteiger partial charge is 0.360 e. The van der Waals surface area contributed by atoms with Gasteiger partial charge < -0.3 is 10.7 Å². The highest BCUT2D eigenvalue weighted by molar-refractivity contribution is 6.35. The average Bonchev–Trinajstić information content (AvgIpc) is 2.73. The van der Waals surface area contributed by atoms with Gasteiger partial charge in [0.05, 0.1) is 10.5 Å². The van der Waals surface area contributed by atoms with Crippen LogP contribution in [0.4, 0.5) is 0 Å². The summed E-state index contributed by atoms with van der Waals surface area (Å²) in [6, 6.07) is 4.27. The third-order valence-electron chi connectivity index (χ3n) is 4.27. The molecule has 18 heavy (non-hydrogen) atoms. The summed E-state index contributed by atoms with van der Waals surface area (Å²) in [5.41, 5.74) is 9.86. The van der Waals surface area contributed by atoms with Crippen LogP contribution in [0.5, 0.6) is 0 Å². The molecule has 1 aromatic carbocycles. The molecule has 1 heterocycles. The first-order valence-electron chi connectivity index (χ1n) is 6.67.